The number of fused-ring (bicyclic) bond motifs is 3. The first-order valence-electron chi connectivity index (χ1n) is 8.64. The van der Waals surface area contributed by atoms with Gasteiger partial charge in [-0.25, -0.2) is 9.18 Å². The van der Waals surface area contributed by atoms with Gasteiger partial charge in [0.05, 0.1) is 5.69 Å². The number of nitrogens with one attached hydrogen (secondary N) is 1. The van der Waals surface area contributed by atoms with Gasteiger partial charge >= 0.3 is 5.97 Å². The molecular formula is C21H16FNO4S. The zero-order chi connectivity index (χ0) is 19.7. The number of hydrogen-bond acceptors (Lipinski definition) is 5. The van der Waals surface area contributed by atoms with Crippen molar-refractivity contribution in [2.45, 2.75) is 19.6 Å². The first kappa shape index (κ1) is 18.2. The molecule has 0 spiro atoms. The molecular weight excluding hydrogens is 381 g/mol. The van der Waals surface area contributed by atoms with Crippen LogP contribution in [0.5, 0.6) is 5.75 Å². The summed E-state index contributed by atoms with van der Waals surface area (Å²) < 4.78 is 24.6. The van der Waals surface area contributed by atoms with Gasteiger partial charge in [-0.2, -0.15) is 0 Å². The van der Waals surface area contributed by atoms with Crippen molar-refractivity contribution in [3.05, 3.63) is 70.9 Å². The summed E-state index contributed by atoms with van der Waals surface area (Å²) in [4.78, 5) is 26.1. The van der Waals surface area contributed by atoms with Gasteiger partial charge in [0.15, 0.2) is 6.10 Å². The van der Waals surface area contributed by atoms with Crippen LogP contribution in [0.25, 0.3) is 10.4 Å². The monoisotopic (exact) mass is 397 g/mol. The number of thiophene rings is 1. The third-order valence-electron chi connectivity index (χ3n) is 4.31. The van der Waals surface area contributed by atoms with Gasteiger partial charge in [-0.3, -0.25) is 4.79 Å². The highest BCUT2D eigenvalue weighted by Crippen LogP contribution is 2.42. The van der Waals surface area contributed by atoms with Gasteiger partial charge in [0, 0.05) is 16.0 Å². The smallest absolute Gasteiger partial charge is 0.349 e. The second-order valence-corrected chi connectivity index (χ2v) is 7.32. The highest BCUT2D eigenvalue weighted by molar-refractivity contribution is 7.17. The molecule has 2 heterocycles. The number of amides is 1. The molecule has 0 unspecified atom stereocenters. The molecule has 7 heteroatoms. The maximum Gasteiger partial charge on any atom is 0.349 e. The Kier molecular flexibility index (Phi) is 4.83. The van der Waals surface area contributed by atoms with Crippen molar-refractivity contribution >= 4 is 28.9 Å². The van der Waals surface area contributed by atoms with Crippen molar-refractivity contribution in [1.29, 1.82) is 0 Å². The molecule has 0 radical (unpaired) electrons. The number of rotatable bonds is 4. The summed E-state index contributed by atoms with van der Waals surface area (Å²) in [5, 5.41) is 2.42. The van der Waals surface area contributed by atoms with Crippen molar-refractivity contribution < 1.29 is 23.5 Å². The van der Waals surface area contributed by atoms with Crippen LogP contribution in [0.15, 0.2) is 54.6 Å². The molecule has 1 amide bonds. The summed E-state index contributed by atoms with van der Waals surface area (Å²) in [5.41, 5.74) is 1.87. The third-order valence-corrected chi connectivity index (χ3v) is 5.50. The molecule has 1 aromatic heterocycles. The number of ether oxygens (including phenoxy) is 2. The summed E-state index contributed by atoms with van der Waals surface area (Å²) in [6.45, 7) is 1.82. The van der Waals surface area contributed by atoms with E-state index in [1.807, 2.05) is 24.3 Å². The van der Waals surface area contributed by atoms with E-state index in [0.29, 0.717) is 11.5 Å². The number of carbonyl (C=O) groups is 2. The third kappa shape index (κ3) is 3.48. The summed E-state index contributed by atoms with van der Waals surface area (Å²) in [5.74, 6) is -0.991. The molecule has 1 aliphatic rings. The minimum atomic E-state index is -1.07. The molecule has 0 bridgehead atoms. The van der Waals surface area contributed by atoms with Crippen molar-refractivity contribution in [2.75, 3.05) is 5.32 Å². The predicted octanol–water partition coefficient (Wildman–Crippen LogP) is 4.63. The molecule has 28 heavy (non-hydrogen) atoms. The van der Waals surface area contributed by atoms with Gasteiger partial charge in [0.25, 0.3) is 5.91 Å². The van der Waals surface area contributed by atoms with E-state index in [4.69, 9.17) is 9.47 Å². The molecule has 1 aliphatic heterocycles. The largest absolute Gasteiger partial charge is 0.488 e. The number of benzene rings is 2. The fourth-order valence-electron chi connectivity index (χ4n) is 2.87. The van der Waals surface area contributed by atoms with Crippen molar-refractivity contribution in [3.63, 3.8) is 0 Å². The van der Waals surface area contributed by atoms with E-state index in [-0.39, 0.29) is 5.69 Å². The predicted molar refractivity (Wildman–Crippen MR) is 104 cm³/mol. The van der Waals surface area contributed by atoms with E-state index < -0.39 is 23.8 Å². The highest BCUT2D eigenvalue weighted by atomic mass is 32.1. The number of anilines is 1. The Hall–Kier alpha value is -3.19. The lowest BCUT2D eigenvalue weighted by Gasteiger charge is -2.16. The summed E-state index contributed by atoms with van der Waals surface area (Å²) in [7, 11) is 0. The van der Waals surface area contributed by atoms with Gasteiger partial charge in [-0.05, 0) is 37.3 Å². The summed E-state index contributed by atoms with van der Waals surface area (Å²) in [6.07, 6.45) is -1.07. The highest BCUT2D eigenvalue weighted by Gasteiger charge is 2.25. The van der Waals surface area contributed by atoms with Gasteiger partial charge < -0.3 is 14.8 Å². The number of esters is 1. The van der Waals surface area contributed by atoms with Crippen LogP contribution in [0.2, 0.25) is 0 Å². The second kappa shape index (κ2) is 7.44. The molecule has 0 saturated heterocycles. The van der Waals surface area contributed by atoms with Crippen LogP contribution < -0.4 is 10.1 Å². The molecule has 4 rings (SSSR count). The zero-order valence-corrected chi connectivity index (χ0v) is 15.7. The molecule has 3 aromatic rings. The van der Waals surface area contributed by atoms with Crippen LogP contribution in [0, 0.1) is 5.82 Å². The van der Waals surface area contributed by atoms with Crippen LogP contribution in [0.3, 0.4) is 0 Å². The van der Waals surface area contributed by atoms with Gasteiger partial charge in [-0.1, -0.05) is 24.3 Å². The Bertz CT molecular complexity index is 1060. The van der Waals surface area contributed by atoms with Crippen LogP contribution in [-0.4, -0.2) is 18.0 Å². The topological polar surface area (TPSA) is 64.6 Å². The lowest BCUT2D eigenvalue weighted by atomic mass is 10.1. The average molecular weight is 397 g/mol. The lowest BCUT2D eigenvalue weighted by molar-refractivity contribution is -0.123. The van der Waals surface area contributed by atoms with E-state index in [9.17, 15) is 14.0 Å². The maximum atomic E-state index is 13.7. The van der Waals surface area contributed by atoms with Crippen LogP contribution in [-0.2, 0) is 16.1 Å². The van der Waals surface area contributed by atoms with Crippen molar-refractivity contribution in [1.82, 2.24) is 0 Å². The van der Waals surface area contributed by atoms with E-state index in [1.165, 1.54) is 36.5 Å². The first-order valence-corrected chi connectivity index (χ1v) is 9.46. The van der Waals surface area contributed by atoms with E-state index in [2.05, 4.69) is 5.32 Å². The number of carbonyl (C=O) groups excluding carboxylic acids is 2. The Labute approximate surface area is 164 Å². The maximum absolute atomic E-state index is 13.7. The fraction of sp³-hybridized carbons (Fsp3) is 0.143. The molecule has 1 N–H and O–H groups in total. The number of halogens is 1. The lowest BCUT2D eigenvalue weighted by Crippen LogP contribution is -2.30. The average Bonchev–Trinajstić information content (AvgIpc) is 3.14. The minimum absolute atomic E-state index is 0.0377. The molecule has 2 aromatic carbocycles. The van der Waals surface area contributed by atoms with Crippen LogP contribution in [0.4, 0.5) is 10.1 Å². The Balaban J connectivity index is 1.47. The Morgan fingerprint density at radius 3 is 2.75 bits per heavy atom. The number of hydrogen-bond donors (Lipinski definition) is 1. The van der Waals surface area contributed by atoms with Crippen LogP contribution >= 0.6 is 11.3 Å². The zero-order valence-electron chi connectivity index (χ0n) is 14.9. The van der Waals surface area contributed by atoms with Crippen molar-refractivity contribution in [3.8, 4) is 16.2 Å². The molecule has 0 aliphatic carbocycles. The van der Waals surface area contributed by atoms with Crippen LogP contribution in [0.1, 0.15) is 22.2 Å². The minimum Gasteiger partial charge on any atom is -0.488 e. The quantitative estimate of drug-likeness (QED) is 0.652. The van der Waals surface area contributed by atoms with Gasteiger partial charge in [0.1, 0.15) is 23.1 Å². The number of para-hydroxylation sites is 2. The molecule has 142 valence electrons. The molecule has 5 nitrogen and oxygen atoms in total. The van der Waals surface area contributed by atoms with E-state index in [1.54, 1.807) is 12.1 Å². The summed E-state index contributed by atoms with van der Waals surface area (Å²) in [6, 6.07) is 15.1. The van der Waals surface area contributed by atoms with Gasteiger partial charge in [-0.15, -0.1) is 11.3 Å². The Morgan fingerprint density at radius 2 is 1.93 bits per heavy atom. The standard InChI is InChI=1S/C21H16FNO4S/c1-12(20(24)23-16-8-4-3-7-15(16)22)27-21(25)18-10-13-11-26-17-9-5-2-6-14(17)19(13)28-18/h2-10,12H,11H2,1H3,(H,23,24)/t12-/m1/s1. The molecule has 0 fully saturated rings. The SMILES string of the molecule is C[C@@H](OC(=O)c1cc2c(s1)-c1ccccc1OC2)C(=O)Nc1ccccc1F. The van der Waals surface area contributed by atoms with Gasteiger partial charge in [0.2, 0.25) is 0 Å². The molecule has 1 atom stereocenters. The first-order chi connectivity index (χ1) is 13.5. The van der Waals surface area contributed by atoms with E-state index in [0.717, 1.165) is 21.8 Å². The van der Waals surface area contributed by atoms with Crippen molar-refractivity contribution in [2.24, 2.45) is 0 Å². The fourth-order valence-corrected chi connectivity index (χ4v) is 3.95. The Morgan fingerprint density at radius 1 is 1.18 bits per heavy atom. The normalized spacial score (nSPS) is 12.9. The molecule has 0 saturated carbocycles. The second-order valence-electron chi connectivity index (χ2n) is 6.27. The van der Waals surface area contributed by atoms with E-state index >= 15 is 0 Å². The summed E-state index contributed by atoms with van der Waals surface area (Å²) >= 11 is 1.30.